The zero-order valence-corrected chi connectivity index (χ0v) is 11.5. The molecule has 1 aromatic carbocycles. The topological polar surface area (TPSA) is 24.5 Å². The molecule has 1 heterocycles. The van der Waals surface area contributed by atoms with Gasteiger partial charge in [-0.25, -0.2) is 0 Å². The summed E-state index contributed by atoms with van der Waals surface area (Å²) in [5.41, 5.74) is 2.81. The molecule has 0 unspecified atom stereocenters. The predicted octanol–water partition coefficient (Wildman–Crippen LogP) is 1.84. The average Bonchev–Trinajstić information content (AvgIpc) is 2.38. The van der Waals surface area contributed by atoms with E-state index in [4.69, 9.17) is 4.74 Å². The number of hydrogen-bond donors (Lipinski definition) is 1. The van der Waals surface area contributed by atoms with Gasteiger partial charge in [-0.2, -0.15) is 0 Å². The Morgan fingerprint density at radius 1 is 1.33 bits per heavy atom. The minimum absolute atomic E-state index is 0.231. The van der Waals surface area contributed by atoms with Gasteiger partial charge in [0, 0.05) is 6.54 Å². The van der Waals surface area contributed by atoms with Gasteiger partial charge in [-0.05, 0) is 51.2 Å². The molecule has 0 spiro atoms. The molecule has 1 aliphatic rings. The molecule has 1 N–H and O–H groups in total. The lowest BCUT2D eigenvalue weighted by atomic mass is 9.97. The zero-order valence-electron chi connectivity index (χ0n) is 11.5. The Labute approximate surface area is 110 Å². The fourth-order valence-electron chi connectivity index (χ4n) is 2.40. The minimum Gasteiger partial charge on any atom is -0.372 e. The smallest absolute Gasteiger partial charge is 0.0952 e. The van der Waals surface area contributed by atoms with E-state index in [1.165, 1.54) is 17.5 Å². The first-order valence-corrected chi connectivity index (χ1v) is 6.82. The summed E-state index contributed by atoms with van der Waals surface area (Å²) in [7, 11) is 4.22. The first-order chi connectivity index (χ1) is 8.77. The Morgan fingerprint density at radius 2 is 2.17 bits per heavy atom. The minimum atomic E-state index is 0.231. The van der Waals surface area contributed by atoms with Crippen LogP contribution in [0.4, 0.5) is 0 Å². The van der Waals surface area contributed by atoms with E-state index in [0.29, 0.717) is 0 Å². The molecular weight excluding hydrogens is 224 g/mol. The third-order valence-corrected chi connectivity index (χ3v) is 3.38. The van der Waals surface area contributed by atoms with Crippen LogP contribution in [-0.4, -0.2) is 45.2 Å². The Kier molecular flexibility index (Phi) is 5.17. The summed E-state index contributed by atoms with van der Waals surface area (Å²) < 4.78 is 5.86. The molecule has 1 aliphatic heterocycles. The summed E-state index contributed by atoms with van der Waals surface area (Å²) in [6, 6.07) is 8.63. The summed E-state index contributed by atoms with van der Waals surface area (Å²) in [6.07, 6.45) is 2.46. The molecule has 100 valence electrons. The van der Waals surface area contributed by atoms with Gasteiger partial charge in [0.05, 0.1) is 12.7 Å². The van der Waals surface area contributed by atoms with Crippen LogP contribution < -0.4 is 5.32 Å². The van der Waals surface area contributed by atoms with E-state index in [1.807, 2.05) is 0 Å². The van der Waals surface area contributed by atoms with E-state index in [2.05, 4.69) is 48.6 Å². The maximum atomic E-state index is 5.86. The Morgan fingerprint density at radius 3 is 3.00 bits per heavy atom. The summed E-state index contributed by atoms with van der Waals surface area (Å²) >= 11 is 0. The average molecular weight is 248 g/mol. The number of hydrogen-bond acceptors (Lipinski definition) is 3. The second kappa shape index (κ2) is 6.88. The molecule has 0 fully saturated rings. The van der Waals surface area contributed by atoms with E-state index in [0.717, 1.165) is 32.7 Å². The summed E-state index contributed by atoms with van der Waals surface area (Å²) in [4.78, 5) is 2.22. The van der Waals surface area contributed by atoms with Crippen LogP contribution in [0.15, 0.2) is 24.3 Å². The molecule has 1 aromatic rings. The maximum Gasteiger partial charge on any atom is 0.0952 e. The van der Waals surface area contributed by atoms with Crippen LogP contribution >= 0.6 is 0 Å². The lowest BCUT2D eigenvalue weighted by Gasteiger charge is -2.26. The third-order valence-electron chi connectivity index (χ3n) is 3.38. The van der Waals surface area contributed by atoms with Crippen molar-refractivity contribution in [3.8, 4) is 0 Å². The van der Waals surface area contributed by atoms with Gasteiger partial charge in [-0.1, -0.05) is 24.3 Å². The van der Waals surface area contributed by atoms with Gasteiger partial charge in [0.25, 0.3) is 0 Å². The lowest BCUT2D eigenvalue weighted by Crippen LogP contribution is -2.29. The molecular formula is C15H24N2O. The largest absolute Gasteiger partial charge is 0.372 e. The number of nitrogens with zero attached hydrogens (tertiary/aromatic N) is 1. The van der Waals surface area contributed by atoms with Crippen molar-refractivity contribution in [2.24, 2.45) is 0 Å². The number of ether oxygens (including phenoxy) is 1. The summed E-state index contributed by atoms with van der Waals surface area (Å²) in [5.74, 6) is 0. The molecule has 0 saturated heterocycles. The van der Waals surface area contributed by atoms with Gasteiger partial charge >= 0.3 is 0 Å². The number of fused-ring (bicyclic) bond motifs is 1. The molecule has 0 amide bonds. The molecule has 1 atom stereocenters. The molecule has 0 aliphatic carbocycles. The highest BCUT2D eigenvalue weighted by atomic mass is 16.5. The first-order valence-electron chi connectivity index (χ1n) is 6.82. The Bertz CT molecular complexity index is 365. The highest BCUT2D eigenvalue weighted by Crippen LogP contribution is 2.25. The Balaban J connectivity index is 1.77. The molecule has 3 nitrogen and oxygen atoms in total. The molecule has 0 aromatic heterocycles. The van der Waals surface area contributed by atoms with E-state index < -0.39 is 0 Å². The zero-order chi connectivity index (χ0) is 12.8. The monoisotopic (exact) mass is 248 g/mol. The van der Waals surface area contributed by atoms with Crippen molar-refractivity contribution in [1.82, 2.24) is 10.2 Å². The summed E-state index contributed by atoms with van der Waals surface area (Å²) in [6.45, 7) is 3.96. The van der Waals surface area contributed by atoms with Crippen LogP contribution in [-0.2, 0) is 11.2 Å². The van der Waals surface area contributed by atoms with Crippen LogP contribution in [0.25, 0.3) is 0 Å². The van der Waals surface area contributed by atoms with Crippen LogP contribution in [0.3, 0.4) is 0 Å². The predicted molar refractivity (Wildman–Crippen MR) is 74.9 cm³/mol. The third kappa shape index (κ3) is 3.80. The highest BCUT2D eigenvalue weighted by molar-refractivity contribution is 5.31. The fourth-order valence-corrected chi connectivity index (χ4v) is 2.40. The standard InChI is InChI=1S/C15H24N2O/c1-17(2)10-5-9-16-12-15-14-7-4-3-6-13(14)8-11-18-15/h3-4,6-7,15-16H,5,8-12H2,1-2H3/t15-/m1/s1. The first kappa shape index (κ1) is 13.5. The van der Waals surface area contributed by atoms with E-state index >= 15 is 0 Å². The van der Waals surface area contributed by atoms with Crippen molar-refractivity contribution < 1.29 is 4.74 Å². The number of benzene rings is 1. The number of nitrogens with one attached hydrogen (secondary N) is 1. The van der Waals surface area contributed by atoms with Crippen LogP contribution in [0, 0.1) is 0 Å². The van der Waals surface area contributed by atoms with E-state index in [-0.39, 0.29) is 6.10 Å². The van der Waals surface area contributed by atoms with Crippen LogP contribution in [0.2, 0.25) is 0 Å². The lowest BCUT2D eigenvalue weighted by molar-refractivity contribution is 0.0425. The summed E-state index contributed by atoms with van der Waals surface area (Å²) in [5, 5.41) is 3.50. The maximum absolute atomic E-state index is 5.86. The number of rotatable bonds is 6. The molecule has 18 heavy (non-hydrogen) atoms. The highest BCUT2D eigenvalue weighted by Gasteiger charge is 2.19. The van der Waals surface area contributed by atoms with Gasteiger partial charge in [-0.3, -0.25) is 0 Å². The van der Waals surface area contributed by atoms with E-state index in [1.54, 1.807) is 0 Å². The van der Waals surface area contributed by atoms with Crippen molar-refractivity contribution in [2.75, 3.05) is 40.3 Å². The van der Waals surface area contributed by atoms with Crippen molar-refractivity contribution in [3.63, 3.8) is 0 Å². The molecule has 0 bridgehead atoms. The molecule has 0 saturated carbocycles. The SMILES string of the molecule is CN(C)CCCNC[C@H]1OCCc2ccccc21. The van der Waals surface area contributed by atoms with Gasteiger partial charge in [-0.15, -0.1) is 0 Å². The van der Waals surface area contributed by atoms with Crippen molar-refractivity contribution in [2.45, 2.75) is 18.9 Å². The molecule has 0 radical (unpaired) electrons. The molecule has 3 heteroatoms. The fraction of sp³-hybridized carbons (Fsp3) is 0.600. The van der Waals surface area contributed by atoms with Gasteiger partial charge in [0.1, 0.15) is 0 Å². The molecule has 2 rings (SSSR count). The van der Waals surface area contributed by atoms with Crippen molar-refractivity contribution in [3.05, 3.63) is 35.4 Å². The Hall–Kier alpha value is -0.900. The van der Waals surface area contributed by atoms with Crippen molar-refractivity contribution >= 4 is 0 Å². The van der Waals surface area contributed by atoms with Gasteiger partial charge < -0.3 is 15.0 Å². The van der Waals surface area contributed by atoms with Crippen LogP contribution in [0.5, 0.6) is 0 Å². The van der Waals surface area contributed by atoms with Gasteiger partial charge in [0.15, 0.2) is 0 Å². The van der Waals surface area contributed by atoms with Gasteiger partial charge in [0.2, 0.25) is 0 Å². The van der Waals surface area contributed by atoms with Crippen molar-refractivity contribution in [1.29, 1.82) is 0 Å². The second-order valence-corrected chi connectivity index (χ2v) is 5.17. The normalized spacial score (nSPS) is 18.9. The van der Waals surface area contributed by atoms with Crippen LogP contribution in [0.1, 0.15) is 23.7 Å². The van der Waals surface area contributed by atoms with E-state index in [9.17, 15) is 0 Å². The second-order valence-electron chi connectivity index (χ2n) is 5.17. The quantitative estimate of drug-likeness (QED) is 0.778.